The lowest BCUT2D eigenvalue weighted by Gasteiger charge is -2.10. The van der Waals surface area contributed by atoms with Crippen LogP contribution >= 0.6 is 0 Å². The molecule has 2 amide bonds. The number of aryl methyl sites for hydroxylation is 2. The first-order chi connectivity index (χ1) is 12.7. The Bertz CT molecular complexity index is 919. The summed E-state index contributed by atoms with van der Waals surface area (Å²) in [5.74, 6) is -1.00. The molecule has 7 heteroatoms. The third-order valence-corrected chi connectivity index (χ3v) is 4.09. The summed E-state index contributed by atoms with van der Waals surface area (Å²) in [5, 5.41) is 4.83. The van der Waals surface area contributed by atoms with Crippen molar-refractivity contribution >= 4 is 17.5 Å². The number of amides is 2. The van der Waals surface area contributed by atoms with E-state index in [0.29, 0.717) is 23.7 Å². The van der Waals surface area contributed by atoms with Gasteiger partial charge in [0.15, 0.2) is 0 Å². The molecule has 0 saturated heterocycles. The van der Waals surface area contributed by atoms with E-state index < -0.39 is 23.3 Å². The first kappa shape index (κ1) is 20.4. The van der Waals surface area contributed by atoms with Crippen LogP contribution in [0.15, 0.2) is 33.5 Å². The zero-order chi connectivity index (χ0) is 20.1. The van der Waals surface area contributed by atoms with Crippen molar-refractivity contribution in [3.05, 3.63) is 63.0 Å². The number of carbonyl (C=O) groups is 2. The van der Waals surface area contributed by atoms with Gasteiger partial charge >= 0.3 is 5.63 Å². The molecule has 0 spiro atoms. The highest BCUT2D eigenvalue weighted by Gasteiger charge is 2.18. The highest BCUT2D eigenvalue weighted by atomic mass is 19.1. The molecule has 0 fully saturated rings. The fourth-order valence-corrected chi connectivity index (χ4v) is 2.61. The number of nitrogens with one attached hydrogen (secondary N) is 2. The fourth-order valence-electron chi connectivity index (χ4n) is 2.61. The first-order valence-corrected chi connectivity index (χ1v) is 8.69. The Labute approximate surface area is 156 Å². The lowest BCUT2D eigenvalue weighted by atomic mass is 10.0. The standard InChI is InChI=1S/C20H23FN2O4/c1-11(2)5-7-14-9-12(3)17(20(26)27-14)19(25)23-13-6-8-16(21)15(10-13)18(24)22-4/h6,8-11H,5,7H2,1-4H3,(H,22,24)(H,23,25). The normalized spacial score (nSPS) is 10.7. The van der Waals surface area contributed by atoms with Gasteiger partial charge < -0.3 is 15.1 Å². The highest BCUT2D eigenvalue weighted by Crippen LogP contribution is 2.17. The van der Waals surface area contributed by atoms with Crippen LogP contribution in [0.2, 0.25) is 0 Å². The minimum Gasteiger partial charge on any atom is -0.427 e. The van der Waals surface area contributed by atoms with Crippen LogP contribution in [-0.2, 0) is 6.42 Å². The van der Waals surface area contributed by atoms with E-state index in [1.807, 2.05) is 0 Å². The summed E-state index contributed by atoms with van der Waals surface area (Å²) in [6.45, 7) is 5.80. The van der Waals surface area contributed by atoms with Crippen LogP contribution in [0.1, 0.15) is 52.3 Å². The summed E-state index contributed by atoms with van der Waals surface area (Å²) in [5.41, 5.74) is -0.351. The Kier molecular flexibility index (Phi) is 6.50. The minimum absolute atomic E-state index is 0.117. The second kappa shape index (κ2) is 8.62. The Hall–Kier alpha value is -2.96. The van der Waals surface area contributed by atoms with Gasteiger partial charge in [-0.2, -0.15) is 0 Å². The Morgan fingerprint density at radius 3 is 2.48 bits per heavy atom. The SMILES string of the molecule is CNC(=O)c1cc(NC(=O)c2c(C)cc(CCC(C)C)oc2=O)ccc1F. The van der Waals surface area contributed by atoms with Crippen LogP contribution in [0.4, 0.5) is 10.1 Å². The van der Waals surface area contributed by atoms with Gasteiger partial charge in [0.05, 0.1) is 5.56 Å². The van der Waals surface area contributed by atoms with E-state index in [1.165, 1.54) is 19.2 Å². The smallest absolute Gasteiger partial charge is 0.349 e. The molecule has 0 radical (unpaired) electrons. The molecule has 1 aromatic heterocycles. The number of rotatable bonds is 6. The maximum atomic E-state index is 13.7. The minimum atomic E-state index is -0.722. The topological polar surface area (TPSA) is 88.4 Å². The largest absolute Gasteiger partial charge is 0.427 e. The molecule has 0 aliphatic rings. The van der Waals surface area contributed by atoms with Crippen LogP contribution in [0.3, 0.4) is 0 Å². The summed E-state index contributed by atoms with van der Waals surface area (Å²) in [6, 6.07) is 5.28. The van der Waals surface area contributed by atoms with Gasteiger partial charge in [0.2, 0.25) is 0 Å². The predicted molar refractivity (Wildman–Crippen MR) is 101 cm³/mol. The molecule has 2 rings (SSSR count). The van der Waals surface area contributed by atoms with E-state index in [2.05, 4.69) is 24.5 Å². The number of hydrogen-bond acceptors (Lipinski definition) is 4. The lowest BCUT2D eigenvalue weighted by Crippen LogP contribution is -2.24. The number of benzene rings is 1. The lowest BCUT2D eigenvalue weighted by molar-refractivity contribution is 0.0957. The van der Waals surface area contributed by atoms with Crippen molar-refractivity contribution < 1.29 is 18.4 Å². The summed E-state index contributed by atoms with van der Waals surface area (Å²) in [4.78, 5) is 36.4. The summed E-state index contributed by atoms with van der Waals surface area (Å²) < 4.78 is 19.0. The van der Waals surface area contributed by atoms with Crippen molar-refractivity contribution in [2.45, 2.75) is 33.6 Å². The maximum Gasteiger partial charge on any atom is 0.349 e. The van der Waals surface area contributed by atoms with Gasteiger partial charge in [-0.25, -0.2) is 9.18 Å². The fraction of sp³-hybridized carbons (Fsp3) is 0.350. The quantitative estimate of drug-likeness (QED) is 0.812. The van der Waals surface area contributed by atoms with E-state index in [-0.39, 0.29) is 16.8 Å². The monoisotopic (exact) mass is 374 g/mol. The van der Waals surface area contributed by atoms with Gasteiger partial charge in [-0.3, -0.25) is 9.59 Å². The van der Waals surface area contributed by atoms with Crippen molar-refractivity contribution in [2.75, 3.05) is 12.4 Å². The highest BCUT2D eigenvalue weighted by molar-refractivity contribution is 6.05. The molecule has 1 aromatic carbocycles. The third kappa shape index (κ3) is 5.03. The van der Waals surface area contributed by atoms with Gasteiger partial charge in [-0.15, -0.1) is 0 Å². The molecule has 2 N–H and O–H groups in total. The van der Waals surface area contributed by atoms with Gasteiger partial charge in [0.1, 0.15) is 17.1 Å². The van der Waals surface area contributed by atoms with Crippen molar-refractivity contribution in [2.24, 2.45) is 5.92 Å². The molecular weight excluding hydrogens is 351 g/mol. The third-order valence-electron chi connectivity index (χ3n) is 4.09. The second-order valence-electron chi connectivity index (χ2n) is 6.72. The molecule has 0 aliphatic heterocycles. The van der Waals surface area contributed by atoms with Crippen molar-refractivity contribution in [3.8, 4) is 0 Å². The molecule has 144 valence electrons. The van der Waals surface area contributed by atoms with Gasteiger partial charge in [-0.05, 0) is 49.1 Å². The predicted octanol–water partition coefficient (Wildman–Crippen LogP) is 3.29. The second-order valence-corrected chi connectivity index (χ2v) is 6.72. The van der Waals surface area contributed by atoms with E-state index in [9.17, 15) is 18.8 Å². The molecule has 1 heterocycles. The molecular formula is C20H23FN2O4. The molecule has 0 atom stereocenters. The Balaban J connectivity index is 2.26. The zero-order valence-corrected chi connectivity index (χ0v) is 15.8. The Morgan fingerprint density at radius 2 is 1.89 bits per heavy atom. The van der Waals surface area contributed by atoms with Gasteiger partial charge in [-0.1, -0.05) is 13.8 Å². The van der Waals surface area contributed by atoms with Crippen LogP contribution in [0.25, 0.3) is 0 Å². The molecule has 0 saturated carbocycles. The maximum absolute atomic E-state index is 13.7. The molecule has 0 aliphatic carbocycles. The van der Waals surface area contributed by atoms with Crippen LogP contribution in [0.5, 0.6) is 0 Å². The van der Waals surface area contributed by atoms with Gasteiger partial charge in [0.25, 0.3) is 11.8 Å². The number of halogens is 1. The van der Waals surface area contributed by atoms with Crippen molar-refractivity contribution in [1.29, 1.82) is 0 Å². The van der Waals surface area contributed by atoms with Crippen LogP contribution in [0, 0.1) is 18.7 Å². The first-order valence-electron chi connectivity index (χ1n) is 8.69. The number of hydrogen-bond donors (Lipinski definition) is 2. The zero-order valence-electron chi connectivity index (χ0n) is 15.8. The number of anilines is 1. The molecule has 6 nitrogen and oxygen atoms in total. The average molecular weight is 374 g/mol. The number of carbonyl (C=O) groups excluding carboxylic acids is 2. The molecule has 2 aromatic rings. The summed E-state index contributed by atoms with van der Waals surface area (Å²) in [7, 11) is 1.38. The molecule has 0 bridgehead atoms. The summed E-state index contributed by atoms with van der Waals surface area (Å²) in [6.07, 6.45) is 1.48. The molecule has 0 unspecified atom stereocenters. The summed E-state index contributed by atoms with van der Waals surface area (Å²) >= 11 is 0. The van der Waals surface area contributed by atoms with Gasteiger partial charge in [0, 0.05) is 19.2 Å². The van der Waals surface area contributed by atoms with E-state index in [0.717, 1.165) is 12.5 Å². The van der Waals surface area contributed by atoms with Crippen molar-refractivity contribution in [1.82, 2.24) is 5.32 Å². The van der Waals surface area contributed by atoms with Crippen LogP contribution in [-0.4, -0.2) is 18.9 Å². The van der Waals surface area contributed by atoms with E-state index in [1.54, 1.807) is 13.0 Å². The van der Waals surface area contributed by atoms with Crippen molar-refractivity contribution in [3.63, 3.8) is 0 Å². The van der Waals surface area contributed by atoms with E-state index >= 15 is 0 Å². The average Bonchev–Trinajstić information content (AvgIpc) is 2.60. The molecule has 27 heavy (non-hydrogen) atoms. The van der Waals surface area contributed by atoms with Crippen LogP contribution < -0.4 is 16.3 Å². The van der Waals surface area contributed by atoms with E-state index in [4.69, 9.17) is 4.42 Å². The Morgan fingerprint density at radius 1 is 1.19 bits per heavy atom.